The molecule has 1 aromatic rings. The smallest absolute Gasteiger partial charge is 0.191 e. The molecule has 0 unspecified atom stereocenters. The molecule has 0 saturated heterocycles. The summed E-state index contributed by atoms with van der Waals surface area (Å²) in [6.45, 7) is 7.83. The van der Waals surface area contributed by atoms with Gasteiger partial charge in [-0.05, 0) is 44.4 Å². The Kier molecular flexibility index (Phi) is 13.2. The third-order valence-electron chi connectivity index (χ3n) is 2.89. The van der Waals surface area contributed by atoms with Crippen molar-refractivity contribution in [3.63, 3.8) is 0 Å². The topological polar surface area (TPSA) is 45.7 Å². The molecule has 22 heavy (non-hydrogen) atoms. The SMILES string of the molecule is CCNC(=NCc1ccc(F)cc1)NCCCCOCC.I. The zero-order valence-electron chi connectivity index (χ0n) is 13.4. The lowest BCUT2D eigenvalue weighted by molar-refractivity contribution is 0.143. The minimum Gasteiger partial charge on any atom is -0.382 e. The van der Waals surface area contributed by atoms with Gasteiger partial charge in [0.1, 0.15) is 5.82 Å². The fraction of sp³-hybridized carbons (Fsp3) is 0.562. The Balaban J connectivity index is 0.00000441. The van der Waals surface area contributed by atoms with Gasteiger partial charge in [0.05, 0.1) is 6.54 Å². The van der Waals surface area contributed by atoms with Crippen LogP contribution in [-0.4, -0.2) is 32.3 Å². The van der Waals surface area contributed by atoms with Crippen LogP contribution < -0.4 is 10.6 Å². The Morgan fingerprint density at radius 2 is 1.86 bits per heavy atom. The molecule has 0 aliphatic heterocycles. The summed E-state index contributed by atoms with van der Waals surface area (Å²) in [7, 11) is 0. The maximum Gasteiger partial charge on any atom is 0.191 e. The van der Waals surface area contributed by atoms with E-state index in [0.717, 1.165) is 50.7 Å². The fourth-order valence-electron chi connectivity index (χ4n) is 1.78. The van der Waals surface area contributed by atoms with E-state index >= 15 is 0 Å². The summed E-state index contributed by atoms with van der Waals surface area (Å²) in [4.78, 5) is 4.49. The lowest BCUT2D eigenvalue weighted by Crippen LogP contribution is -2.37. The van der Waals surface area contributed by atoms with E-state index in [-0.39, 0.29) is 29.8 Å². The number of nitrogens with zero attached hydrogens (tertiary/aromatic N) is 1. The number of halogens is 2. The highest BCUT2D eigenvalue weighted by Gasteiger charge is 1.98. The van der Waals surface area contributed by atoms with Gasteiger partial charge in [-0.1, -0.05) is 12.1 Å². The molecule has 126 valence electrons. The van der Waals surface area contributed by atoms with Crippen LogP contribution in [0.15, 0.2) is 29.3 Å². The molecule has 1 aromatic carbocycles. The van der Waals surface area contributed by atoms with Crippen molar-refractivity contribution in [2.45, 2.75) is 33.2 Å². The minimum absolute atomic E-state index is 0. The second-order valence-corrected chi connectivity index (χ2v) is 4.65. The van der Waals surface area contributed by atoms with Crippen molar-refractivity contribution in [1.82, 2.24) is 10.6 Å². The third-order valence-corrected chi connectivity index (χ3v) is 2.89. The van der Waals surface area contributed by atoms with Crippen molar-refractivity contribution in [3.8, 4) is 0 Å². The van der Waals surface area contributed by atoms with E-state index in [1.807, 2.05) is 13.8 Å². The summed E-state index contributed by atoms with van der Waals surface area (Å²) in [5.74, 6) is 0.570. The number of benzene rings is 1. The largest absolute Gasteiger partial charge is 0.382 e. The number of guanidine groups is 1. The molecular weight excluding hydrogens is 396 g/mol. The summed E-state index contributed by atoms with van der Waals surface area (Å²) in [6, 6.07) is 6.42. The Morgan fingerprint density at radius 3 is 2.50 bits per heavy atom. The van der Waals surface area contributed by atoms with Crippen LogP contribution in [0.25, 0.3) is 0 Å². The Morgan fingerprint density at radius 1 is 1.14 bits per heavy atom. The monoisotopic (exact) mass is 423 g/mol. The van der Waals surface area contributed by atoms with Crippen LogP contribution in [0, 0.1) is 5.82 Å². The summed E-state index contributed by atoms with van der Waals surface area (Å²) in [5.41, 5.74) is 0.991. The van der Waals surface area contributed by atoms with Gasteiger partial charge in [0.25, 0.3) is 0 Å². The maximum atomic E-state index is 12.8. The number of ether oxygens (including phenoxy) is 1. The molecular formula is C16H27FIN3O. The molecule has 0 fully saturated rings. The first-order valence-electron chi connectivity index (χ1n) is 7.60. The van der Waals surface area contributed by atoms with Crippen LogP contribution in [0.4, 0.5) is 4.39 Å². The van der Waals surface area contributed by atoms with Gasteiger partial charge in [0.2, 0.25) is 0 Å². The zero-order valence-corrected chi connectivity index (χ0v) is 15.7. The Labute approximate surface area is 149 Å². The molecule has 1 rings (SSSR count). The molecule has 0 spiro atoms. The first-order chi connectivity index (χ1) is 10.3. The van der Waals surface area contributed by atoms with Gasteiger partial charge in [-0.15, -0.1) is 24.0 Å². The quantitative estimate of drug-likeness (QED) is 0.277. The molecule has 0 saturated carbocycles. The van der Waals surface area contributed by atoms with Gasteiger partial charge in [0, 0.05) is 26.3 Å². The molecule has 2 N–H and O–H groups in total. The second kappa shape index (κ2) is 13.8. The molecule has 0 bridgehead atoms. The predicted octanol–water partition coefficient (Wildman–Crippen LogP) is 3.32. The van der Waals surface area contributed by atoms with Gasteiger partial charge in [-0.25, -0.2) is 9.38 Å². The van der Waals surface area contributed by atoms with Crippen molar-refractivity contribution in [3.05, 3.63) is 35.6 Å². The van der Waals surface area contributed by atoms with Crippen molar-refractivity contribution in [2.24, 2.45) is 4.99 Å². The van der Waals surface area contributed by atoms with Crippen LogP contribution >= 0.6 is 24.0 Å². The lowest BCUT2D eigenvalue weighted by Gasteiger charge is -2.11. The van der Waals surface area contributed by atoms with Crippen LogP contribution in [0.3, 0.4) is 0 Å². The molecule has 6 heteroatoms. The summed E-state index contributed by atoms with van der Waals surface area (Å²) in [5, 5.41) is 6.49. The zero-order chi connectivity index (χ0) is 15.3. The number of hydrogen-bond acceptors (Lipinski definition) is 2. The van der Waals surface area contributed by atoms with E-state index in [1.165, 1.54) is 12.1 Å². The number of unbranched alkanes of at least 4 members (excludes halogenated alkanes) is 1. The number of nitrogens with one attached hydrogen (secondary N) is 2. The highest BCUT2D eigenvalue weighted by atomic mass is 127. The average Bonchev–Trinajstić information content (AvgIpc) is 2.49. The molecule has 0 aliphatic rings. The van der Waals surface area contributed by atoms with E-state index in [1.54, 1.807) is 12.1 Å². The molecule has 0 aromatic heterocycles. The summed E-state index contributed by atoms with van der Waals surface area (Å²) < 4.78 is 18.1. The van der Waals surface area contributed by atoms with Crippen molar-refractivity contribution < 1.29 is 9.13 Å². The van der Waals surface area contributed by atoms with Gasteiger partial charge in [-0.2, -0.15) is 0 Å². The fourth-order valence-corrected chi connectivity index (χ4v) is 1.78. The first-order valence-corrected chi connectivity index (χ1v) is 7.60. The minimum atomic E-state index is -0.220. The normalized spacial score (nSPS) is 11.0. The van der Waals surface area contributed by atoms with Crippen molar-refractivity contribution >= 4 is 29.9 Å². The number of aliphatic imine (C=N–C) groups is 1. The van der Waals surface area contributed by atoms with Crippen LogP contribution in [0.2, 0.25) is 0 Å². The summed E-state index contributed by atoms with van der Waals surface area (Å²) in [6.07, 6.45) is 2.08. The maximum absolute atomic E-state index is 12.8. The molecule has 0 atom stereocenters. The lowest BCUT2D eigenvalue weighted by atomic mass is 10.2. The first kappa shape index (κ1) is 21.1. The number of hydrogen-bond donors (Lipinski definition) is 2. The van der Waals surface area contributed by atoms with E-state index in [2.05, 4.69) is 15.6 Å². The van der Waals surface area contributed by atoms with Crippen LogP contribution in [0.5, 0.6) is 0 Å². The number of rotatable bonds is 9. The molecule has 0 heterocycles. The molecule has 0 aliphatic carbocycles. The van der Waals surface area contributed by atoms with E-state index in [4.69, 9.17) is 4.74 Å². The highest BCUT2D eigenvalue weighted by molar-refractivity contribution is 14.0. The third kappa shape index (κ3) is 9.94. The summed E-state index contributed by atoms with van der Waals surface area (Å²) >= 11 is 0. The van der Waals surface area contributed by atoms with Crippen molar-refractivity contribution in [1.29, 1.82) is 0 Å². The molecule has 0 amide bonds. The van der Waals surface area contributed by atoms with Crippen LogP contribution in [0.1, 0.15) is 32.3 Å². The second-order valence-electron chi connectivity index (χ2n) is 4.65. The van der Waals surface area contributed by atoms with Gasteiger partial charge in [0.15, 0.2) is 5.96 Å². The van der Waals surface area contributed by atoms with Crippen LogP contribution in [-0.2, 0) is 11.3 Å². The molecule has 0 radical (unpaired) electrons. The van der Waals surface area contributed by atoms with Gasteiger partial charge in [-0.3, -0.25) is 0 Å². The van der Waals surface area contributed by atoms with Gasteiger partial charge < -0.3 is 15.4 Å². The van der Waals surface area contributed by atoms with E-state index in [9.17, 15) is 4.39 Å². The Bertz CT molecular complexity index is 412. The standard InChI is InChI=1S/C16H26FN3O.HI/c1-3-18-16(19-11-5-6-12-21-4-2)20-13-14-7-9-15(17)10-8-14;/h7-10H,3-6,11-13H2,1-2H3,(H2,18,19,20);1H. The highest BCUT2D eigenvalue weighted by Crippen LogP contribution is 2.03. The van der Waals surface area contributed by atoms with E-state index in [0.29, 0.717) is 6.54 Å². The molecule has 4 nitrogen and oxygen atoms in total. The Hall–Kier alpha value is -0.890. The van der Waals surface area contributed by atoms with E-state index < -0.39 is 0 Å². The van der Waals surface area contributed by atoms with Crippen molar-refractivity contribution in [2.75, 3.05) is 26.3 Å². The van der Waals surface area contributed by atoms with Gasteiger partial charge >= 0.3 is 0 Å². The average molecular weight is 423 g/mol. The predicted molar refractivity (Wildman–Crippen MR) is 100 cm³/mol.